The Balaban J connectivity index is 1.68. The van der Waals surface area contributed by atoms with Crippen LogP contribution in [-0.4, -0.2) is 76.6 Å². The van der Waals surface area contributed by atoms with E-state index in [1.807, 2.05) is 36.9 Å². The topological polar surface area (TPSA) is 68.9 Å². The van der Waals surface area contributed by atoms with Crippen molar-refractivity contribution in [3.05, 3.63) is 41.7 Å². The number of rotatable bonds is 5. The number of piperidine rings is 1. The molecule has 4 rings (SSSR count). The molecule has 0 saturated carbocycles. The molecule has 35 heavy (non-hydrogen) atoms. The van der Waals surface area contributed by atoms with Crippen LogP contribution in [-0.2, 0) is 14.9 Å². The van der Waals surface area contributed by atoms with Gasteiger partial charge in [-0.15, -0.1) is 0 Å². The third kappa shape index (κ3) is 4.96. The van der Waals surface area contributed by atoms with Crippen molar-refractivity contribution in [1.29, 1.82) is 0 Å². The number of carbonyl (C=O) groups is 2. The highest BCUT2D eigenvalue weighted by Crippen LogP contribution is 2.40. The van der Waals surface area contributed by atoms with Crippen LogP contribution in [0.1, 0.15) is 65.6 Å². The first-order valence-corrected chi connectivity index (χ1v) is 13.0. The Morgan fingerprint density at radius 1 is 1.14 bits per heavy atom. The maximum absolute atomic E-state index is 13.8. The molecule has 1 saturated heterocycles. The van der Waals surface area contributed by atoms with Crippen LogP contribution in [0.3, 0.4) is 0 Å². The summed E-state index contributed by atoms with van der Waals surface area (Å²) in [6, 6.07) is 8.57. The summed E-state index contributed by atoms with van der Waals surface area (Å²) in [7, 11) is 0. The molecule has 0 spiro atoms. The van der Waals surface area contributed by atoms with E-state index in [0.717, 1.165) is 61.2 Å². The summed E-state index contributed by atoms with van der Waals surface area (Å²) in [6.07, 6.45) is 3.41. The van der Waals surface area contributed by atoms with Gasteiger partial charge in [0.2, 0.25) is 0 Å². The van der Waals surface area contributed by atoms with E-state index in [2.05, 4.69) is 43.6 Å². The van der Waals surface area contributed by atoms with Gasteiger partial charge < -0.3 is 19.5 Å². The largest absolute Gasteiger partial charge is 0.459 e. The number of nitrogens with zero attached hydrogens (tertiary/aromatic N) is 3. The second-order valence-corrected chi connectivity index (χ2v) is 10.7. The lowest BCUT2D eigenvalue weighted by molar-refractivity contribution is -0.140. The molecule has 0 radical (unpaired) electrons. The Kier molecular flexibility index (Phi) is 7.27. The summed E-state index contributed by atoms with van der Waals surface area (Å²) < 4.78 is 5.62. The average molecular weight is 481 g/mol. The Hall–Kier alpha value is -2.80. The predicted octanol–water partition coefficient (Wildman–Crippen LogP) is 4.98. The van der Waals surface area contributed by atoms with Crippen LogP contribution in [0.2, 0.25) is 0 Å². The first-order chi connectivity index (χ1) is 16.7. The molecule has 2 aliphatic rings. The van der Waals surface area contributed by atoms with Gasteiger partial charge in [-0.1, -0.05) is 45.9 Å². The Morgan fingerprint density at radius 3 is 2.43 bits per heavy atom. The van der Waals surface area contributed by atoms with E-state index in [1.165, 1.54) is 0 Å². The fraction of sp³-hybridized carbons (Fsp3) is 0.571. The van der Waals surface area contributed by atoms with Crippen molar-refractivity contribution in [1.82, 2.24) is 19.7 Å². The zero-order chi connectivity index (χ0) is 25.3. The summed E-state index contributed by atoms with van der Waals surface area (Å²) in [4.78, 5) is 36.7. The van der Waals surface area contributed by atoms with Gasteiger partial charge in [-0.3, -0.25) is 4.90 Å². The van der Waals surface area contributed by atoms with E-state index in [9.17, 15) is 9.59 Å². The van der Waals surface area contributed by atoms with Gasteiger partial charge in [0, 0.05) is 48.2 Å². The highest BCUT2D eigenvalue weighted by atomic mass is 16.5. The summed E-state index contributed by atoms with van der Waals surface area (Å²) in [5.41, 5.74) is 2.81. The second-order valence-electron chi connectivity index (χ2n) is 10.7. The molecular formula is C28H40N4O3. The number of para-hydroxylation sites is 1. The summed E-state index contributed by atoms with van der Waals surface area (Å²) in [6.45, 7) is 16.4. The van der Waals surface area contributed by atoms with Crippen LogP contribution in [0, 0.1) is 0 Å². The number of nitrogens with one attached hydrogen (secondary N) is 1. The molecule has 1 N–H and O–H groups in total. The number of likely N-dealkylation sites (tertiary alicyclic amines) is 1. The van der Waals surface area contributed by atoms with Crippen molar-refractivity contribution in [2.75, 3.05) is 32.7 Å². The van der Waals surface area contributed by atoms with Crippen LogP contribution in [0.15, 0.2) is 30.5 Å². The Bertz CT molecular complexity index is 1100. The molecule has 2 aromatic rings. The maximum Gasteiger partial charge on any atom is 0.342 e. The van der Waals surface area contributed by atoms with E-state index in [0.29, 0.717) is 18.2 Å². The zero-order valence-electron chi connectivity index (χ0n) is 22.1. The average Bonchev–Trinajstić information content (AvgIpc) is 3.17. The van der Waals surface area contributed by atoms with Crippen LogP contribution in [0.5, 0.6) is 0 Å². The number of hydrogen-bond acceptors (Lipinski definition) is 4. The van der Waals surface area contributed by atoms with Crippen LogP contribution >= 0.6 is 0 Å². The number of benzene rings is 1. The van der Waals surface area contributed by atoms with E-state index >= 15 is 0 Å². The van der Waals surface area contributed by atoms with E-state index in [-0.39, 0.29) is 17.6 Å². The molecule has 0 aliphatic carbocycles. The molecular weight excluding hydrogens is 440 g/mol. The number of carbonyl (C=O) groups excluding carboxylic acids is 2. The standard InChI is InChI=1S/C28H40N4O3/c1-7-30(8-2)20-13-15-31(16-14-20)27(34)32-17-22(26(33)35-19(3)4)25-24(28(5,6)18-32)21-11-9-10-12-23(21)29-25/h9-12,17,19-20,29H,7-8,13-16,18H2,1-6H3. The number of fused-ring (bicyclic) bond motifs is 3. The molecule has 1 fully saturated rings. The van der Waals surface area contributed by atoms with Crippen LogP contribution < -0.4 is 0 Å². The smallest absolute Gasteiger partial charge is 0.342 e. The van der Waals surface area contributed by atoms with Gasteiger partial charge in [0.05, 0.1) is 17.4 Å². The molecule has 7 nitrogen and oxygen atoms in total. The van der Waals surface area contributed by atoms with Crippen molar-refractivity contribution >= 4 is 28.5 Å². The van der Waals surface area contributed by atoms with Gasteiger partial charge in [-0.25, -0.2) is 9.59 Å². The van der Waals surface area contributed by atoms with Gasteiger partial charge in [-0.2, -0.15) is 0 Å². The first kappa shape index (κ1) is 25.3. The van der Waals surface area contributed by atoms with Crippen molar-refractivity contribution in [3.8, 4) is 0 Å². The summed E-state index contributed by atoms with van der Waals surface area (Å²) in [5, 5.41) is 1.07. The molecule has 0 atom stereocenters. The predicted molar refractivity (Wildman–Crippen MR) is 140 cm³/mol. The van der Waals surface area contributed by atoms with Crippen molar-refractivity contribution in [2.45, 2.75) is 71.9 Å². The molecule has 1 aromatic carbocycles. The minimum absolute atomic E-state index is 0.0413. The molecule has 7 heteroatoms. The SMILES string of the molecule is CCN(CC)C1CCN(C(=O)N2C=C(C(=O)OC(C)C)c3[nH]c4ccccc4c3C(C)(C)C2)CC1. The van der Waals surface area contributed by atoms with Crippen LogP contribution in [0.4, 0.5) is 4.79 Å². The third-order valence-electron chi connectivity index (χ3n) is 7.37. The molecule has 2 amide bonds. The van der Waals surface area contributed by atoms with Crippen molar-refractivity contribution in [3.63, 3.8) is 0 Å². The highest BCUT2D eigenvalue weighted by Gasteiger charge is 2.39. The first-order valence-electron chi connectivity index (χ1n) is 13.0. The molecule has 0 unspecified atom stereocenters. The fourth-order valence-electron chi connectivity index (χ4n) is 5.72. The van der Waals surface area contributed by atoms with Gasteiger partial charge in [0.1, 0.15) is 0 Å². The van der Waals surface area contributed by atoms with E-state index in [4.69, 9.17) is 4.74 Å². The molecule has 1 aromatic heterocycles. The number of esters is 1. The number of aromatic nitrogens is 1. The minimum Gasteiger partial charge on any atom is -0.459 e. The monoisotopic (exact) mass is 480 g/mol. The number of aromatic amines is 1. The van der Waals surface area contributed by atoms with E-state index < -0.39 is 5.97 Å². The van der Waals surface area contributed by atoms with Crippen molar-refractivity contribution in [2.24, 2.45) is 0 Å². The number of ether oxygens (including phenoxy) is 1. The van der Waals surface area contributed by atoms with Gasteiger partial charge >= 0.3 is 12.0 Å². The normalized spacial score (nSPS) is 18.6. The zero-order valence-corrected chi connectivity index (χ0v) is 22.1. The number of urea groups is 1. The summed E-state index contributed by atoms with van der Waals surface area (Å²) in [5.74, 6) is -0.413. The number of hydrogen-bond donors (Lipinski definition) is 1. The third-order valence-corrected chi connectivity index (χ3v) is 7.37. The van der Waals surface area contributed by atoms with Gasteiger partial charge in [0.15, 0.2) is 0 Å². The lowest BCUT2D eigenvalue weighted by atomic mass is 9.82. The fourth-order valence-corrected chi connectivity index (χ4v) is 5.72. The minimum atomic E-state index is -0.413. The Morgan fingerprint density at radius 2 is 1.80 bits per heavy atom. The lowest BCUT2D eigenvalue weighted by Gasteiger charge is -2.40. The summed E-state index contributed by atoms with van der Waals surface area (Å²) >= 11 is 0. The highest BCUT2D eigenvalue weighted by molar-refractivity contribution is 6.18. The maximum atomic E-state index is 13.8. The van der Waals surface area contributed by atoms with E-state index in [1.54, 1.807) is 11.1 Å². The van der Waals surface area contributed by atoms with Gasteiger partial charge in [-0.05, 0) is 51.4 Å². The molecule has 0 bridgehead atoms. The molecule has 2 aliphatic heterocycles. The van der Waals surface area contributed by atoms with Gasteiger partial charge in [0.25, 0.3) is 0 Å². The number of H-pyrrole nitrogens is 1. The molecule has 190 valence electrons. The number of amides is 2. The van der Waals surface area contributed by atoms with Crippen LogP contribution in [0.25, 0.3) is 16.5 Å². The van der Waals surface area contributed by atoms with Crippen molar-refractivity contribution < 1.29 is 14.3 Å². The Labute approximate surface area is 209 Å². The molecule has 3 heterocycles. The second kappa shape index (κ2) is 10.1. The quantitative estimate of drug-likeness (QED) is 0.613. The lowest BCUT2D eigenvalue weighted by Crippen LogP contribution is -2.51.